The van der Waals surface area contributed by atoms with Crippen molar-refractivity contribution in [1.82, 2.24) is 10.6 Å². The van der Waals surface area contributed by atoms with Crippen LogP contribution in [0.5, 0.6) is 0 Å². The third-order valence-electron chi connectivity index (χ3n) is 3.82. The fraction of sp³-hybridized carbons (Fsp3) is 1.00. The highest BCUT2D eigenvalue weighted by molar-refractivity contribution is 4.85. The van der Waals surface area contributed by atoms with E-state index in [1.54, 1.807) is 7.11 Å². The zero-order valence-electron chi connectivity index (χ0n) is 10.9. The van der Waals surface area contributed by atoms with Crippen LogP contribution in [-0.2, 0) is 9.47 Å². The molecule has 100 valence electrons. The summed E-state index contributed by atoms with van der Waals surface area (Å²) in [5.41, 5.74) is 0. The molecule has 4 heteroatoms. The van der Waals surface area contributed by atoms with Crippen molar-refractivity contribution >= 4 is 0 Å². The second-order valence-electron chi connectivity index (χ2n) is 5.15. The number of piperidine rings is 1. The highest BCUT2D eigenvalue weighted by Crippen LogP contribution is 2.22. The van der Waals surface area contributed by atoms with Crippen molar-refractivity contribution in [3.05, 3.63) is 0 Å². The van der Waals surface area contributed by atoms with Gasteiger partial charge in [-0.1, -0.05) is 0 Å². The van der Waals surface area contributed by atoms with Crippen molar-refractivity contribution in [2.75, 3.05) is 33.4 Å². The van der Waals surface area contributed by atoms with Crippen LogP contribution in [0.15, 0.2) is 0 Å². The minimum absolute atomic E-state index is 0.498. The van der Waals surface area contributed by atoms with Gasteiger partial charge in [0.1, 0.15) is 0 Å². The minimum Gasteiger partial charge on any atom is -0.381 e. The molecule has 0 atom stereocenters. The molecule has 2 aliphatic rings. The third-order valence-corrected chi connectivity index (χ3v) is 3.82. The lowest BCUT2D eigenvalue weighted by molar-refractivity contribution is 0.0135. The number of rotatable bonds is 7. The second kappa shape index (κ2) is 7.31. The van der Waals surface area contributed by atoms with Crippen molar-refractivity contribution in [2.45, 2.75) is 50.4 Å². The van der Waals surface area contributed by atoms with Crippen LogP contribution in [-0.4, -0.2) is 51.6 Å². The molecule has 17 heavy (non-hydrogen) atoms. The van der Waals surface area contributed by atoms with Crippen molar-refractivity contribution in [1.29, 1.82) is 0 Å². The predicted octanol–water partition coefficient (Wildman–Crippen LogP) is 0.912. The van der Waals surface area contributed by atoms with E-state index < -0.39 is 0 Å². The number of nitrogens with one attached hydrogen (secondary N) is 2. The van der Waals surface area contributed by atoms with Crippen molar-refractivity contribution in [3.8, 4) is 0 Å². The van der Waals surface area contributed by atoms with E-state index in [-0.39, 0.29) is 0 Å². The Labute approximate surface area is 104 Å². The fourth-order valence-electron chi connectivity index (χ4n) is 2.52. The normalized spacial score (nSPS) is 30.2. The Bertz CT molecular complexity index is 202. The van der Waals surface area contributed by atoms with Gasteiger partial charge in [0.25, 0.3) is 0 Å². The Morgan fingerprint density at radius 1 is 1.18 bits per heavy atom. The highest BCUT2D eigenvalue weighted by Gasteiger charge is 2.27. The van der Waals surface area contributed by atoms with Crippen LogP contribution in [0.4, 0.5) is 0 Å². The maximum atomic E-state index is 5.85. The highest BCUT2D eigenvalue weighted by atomic mass is 16.5. The lowest BCUT2D eigenvalue weighted by Gasteiger charge is -2.34. The van der Waals surface area contributed by atoms with Gasteiger partial charge < -0.3 is 20.1 Å². The van der Waals surface area contributed by atoms with Gasteiger partial charge in [0, 0.05) is 19.8 Å². The molecule has 0 aromatic rings. The summed E-state index contributed by atoms with van der Waals surface area (Å²) in [6.45, 7) is 4.21. The number of methoxy groups -OCH3 is 1. The first-order valence-electron chi connectivity index (χ1n) is 6.97. The molecule has 0 aromatic heterocycles. The molecule has 1 aliphatic heterocycles. The van der Waals surface area contributed by atoms with E-state index in [2.05, 4.69) is 10.6 Å². The topological polar surface area (TPSA) is 42.5 Å². The predicted molar refractivity (Wildman–Crippen MR) is 68.3 cm³/mol. The Morgan fingerprint density at radius 3 is 2.65 bits per heavy atom. The summed E-state index contributed by atoms with van der Waals surface area (Å²) in [7, 11) is 1.80. The molecule has 1 aliphatic carbocycles. The van der Waals surface area contributed by atoms with Crippen LogP contribution in [0.25, 0.3) is 0 Å². The molecule has 2 N–H and O–H groups in total. The van der Waals surface area contributed by atoms with Crippen molar-refractivity contribution in [3.63, 3.8) is 0 Å². The number of hydrogen-bond donors (Lipinski definition) is 2. The Hall–Kier alpha value is -0.160. The summed E-state index contributed by atoms with van der Waals surface area (Å²) in [6, 6.07) is 0.679. The van der Waals surface area contributed by atoms with Gasteiger partial charge in [-0.05, 0) is 51.7 Å². The molecular formula is C13H26N2O2. The van der Waals surface area contributed by atoms with E-state index >= 15 is 0 Å². The van der Waals surface area contributed by atoms with Gasteiger partial charge in [0.05, 0.1) is 12.2 Å². The first-order chi connectivity index (χ1) is 8.38. The summed E-state index contributed by atoms with van der Waals surface area (Å²) in [5, 5.41) is 6.90. The number of ether oxygens (including phenoxy) is 2. The van der Waals surface area contributed by atoms with Crippen molar-refractivity contribution in [2.24, 2.45) is 0 Å². The maximum absolute atomic E-state index is 5.85. The zero-order chi connectivity index (χ0) is 11.9. The summed E-state index contributed by atoms with van der Waals surface area (Å²) >= 11 is 0. The van der Waals surface area contributed by atoms with E-state index in [0.29, 0.717) is 18.2 Å². The van der Waals surface area contributed by atoms with Gasteiger partial charge in [-0.2, -0.15) is 0 Å². The lowest BCUT2D eigenvalue weighted by Crippen LogP contribution is -2.45. The van der Waals surface area contributed by atoms with Gasteiger partial charge in [0.2, 0.25) is 0 Å². The van der Waals surface area contributed by atoms with E-state index in [0.717, 1.165) is 32.7 Å². The Balaban J connectivity index is 1.39. The standard InChI is InChI=1S/C13H26N2O2/c1-16-13-9-11(10-13)15-5-2-8-17-12-3-6-14-7-4-12/h11-15H,2-10H2,1H3. The van der Waals surface area contributed by atoms with Crippen LogP contribution >= 0.6 is 0 Å². The van der Waals surface area contributed by atoms with E-state index in [1.807, 2.05) is 0 Å². The molecule has 1 heterocycles. The van der Waals surface area contributed by atoms with Crippen LogP contribution in [0.2, 0.25) is 0 Å². The molecule has 0 amide bonds. The molecule has 2 fully saturated rings. The molecule has 0 bridgehead atoms. The second-order valence-corrected chi connectivity index (χ2v) is 5.15. The summed E-state index contributed by atoms with van der Waals surface area (Å²) < 4.78 is 11.1. The first-order valence-corrected chi connectivity index (χ1v) is 6.97. The average molecular weight is 242 g/mol. The van der Waals surface area contributed by atoms with Crippen LogP contribution in [0.3, 0.4) is 0 Å². The molecule has 0 radical (unpaired) electrons. The molecule has 1 saturated heterocycles. The molecule has 2 rings (SSSR count). The lowest BCUT2D eigenvalue weighted by atomic mass is 9.89. The number of hydrogen-bond acceptors (Lipinski definition) is 4. The molecular weight excluding hydrogens is 216 g/mol. The quantitative estimate of drug-likeness (QED) is 0.651. The van der Waals surface area contributed by atoms with E-state index in [4.69, 9.17) is 9.47 Å². The van der Waals surface area contributed by atoms with Gasteiger partial charge >= 0.3 is 0 Å². The average Bonchev–Trinajstić information content (AvgIpc) is 2.32. The molecule has 0 spiro atoms. The van der Waals surface area contributed by atoms with E-state index in [9.17, 15) is 0 Å². The van der Waals surface area contributed by atoms with Crippen LogP contribution in [0, 0.1) is 0 Å². The smallest absolute Gasteiger partial charge is 0.0601 e. The first kappa shape index (κ1) is 13.3. The summed E-state index contributed by atoms with van der Waals surface area (Å²) in [4.78, 5) is 0. The SMILES string of the molecule is COC1CC(NCCCOC2CCNCC2)C1. The summed E-state index contributed by atoms with van der Waals surface area (Å²) in [6.07, 6.45) is 6.81. The van der Waals surface area contributed by atoms with Crippen molar-refractivity contribution < 1.29 is 9.47 Å². The van der Waals surface area contributed by atoms with Crippen LogP contribution in [0.1, 0.15) is 32.1 Å². The Morgan fingerprint density at radius 2 is 1.94 bits per heavy atom. The van der Waals surface area contributed by atoms with Gasteiger partial charge in [-0.25, -0.2) is 0 Å². The molecule has 1 saturated carbocycles. The monoisotopic (exact) mass is 242 g/mol. The minimum atomic E-state index is 0.498. The van der Waals surface area contributed by atoms with Gasteiger partial charge in [-0.3, -0.25) is 0 Å². The zero-order valence-corrected chi connectivity index (χ0v) is 10.9. The maximum Gasteiger partial charge on any atom is 0.0601 e. The Kier molecular flexibility index (Phi) is 5.71. The molecule has 0 unspecified atom stereocenters. The fourth-order valence-corrected chi connectivity index (χ4v) is 2.52. The third kappa shape index (κ3) is 4.54. The van der Waals surface area contributed by atoms with Crippen LogP contribution < -0.4 is 10.6 Å². The summed E-state index contributed by atoms with van der Waals surface area (Å²) in [5.74, 6) is 0. The molecule has 4 nitrogen and oxygen atoms in total. The van der Waals surface area contributed by atoms with E-state index in [1.165, 1.54) is 25.7 Å². The largest absolute Gasteiger partial charge is 0.381 e. The molecule has 0 aromatic carbocycles. The van der Waals surface area contributed by atoms with Gasteiger partial charge in [-0.15, -0.1) is 0 Å². The van der Waals surface area contributed by atoms with Gasteiger partial charge in [0.15, 0.2) is 0 Å².